The molecule has 0 radical (unpaired) electrons. The summed E-state index contributed by atoms with van der Waals surface area (Å²) in [7, 11) is 0. The summed E-state index contributed by atoms with van der Waals surface area (Å²) >= 11 is 0. The summed E-state index contributed by atoms with van der Waals surface area (Å²) in [5.41, 5.74) is 0.279. The fourth-order valence-corrected chi connectivity index (χ4v) is 2.40. The molecular formula is C14H21N3O2. The van der Waals surface area contributed by atoms with E-state index in [0.29, 0.717) is 12.6 Å². The number of piperidine rings is 1. The van der Waals surface area contributed by atoms with E-state index in [4.69, 9.17) is 0 Å². The molecule has 0 spiro atoms. The van der Waals surface area contributed by atoms with Crippen molar-refractivity contribution in [2.75, 3.05) is 19.6 Å². The van der Waals surface area contributed by atoms with Crippen LogP contribution in [-0.4, -0.2) is 46.6 Å². The molecule has 1 aromatic rings. The van der Waals surface area contributed by atoms with E-state index >= 15 is 0 Å². The number of hydrogen-bond acceptors (Lipinski definition) is 4. The van der Waals surface area contributed by atoms with Gasteiger partial charge in [-0.2, -0.15) is 0 Å². The highest BCUT2D eigenvalue weighted by molar-refractivity contribution is 5.96. The molecule has 1 aliphatic heterocycles. The van der Waals surface area contributed by atoms with E-state index in [1.54, 1.807) is 0 Å². The Morgan fingerprint density at radius 1 is 1.47 bits per heavy atom. The average molecular weight is 263 g/mol. The molecule has 1 unspecified atom stereocenters. The molecule has 1 saturated heterocycles. The van der Waals surface area contributed by atoms with Crippen LogP contribution in [0, 0.1) is 0 Å². The highest BCUT2D eigenvalue weighted by Crippen LogP contribution is 2.14. The van der Waals surface area contributed by atoms with Gasteiger partial charge in [0, 0.05) is 18.8 Å². The number of nitrogens with zero attached hydrogens (tertiary/aromatic N) is 2. The van der Waals surface area contributed by atoms with Crippen molar-refractivity contribution in [2.45, 2.75) is 32.2 Å². The van der Waals surface area contributed by atoms with Crippen molar-refractivity contribution in [3.05, 3.63) is 24.0 Å². The van der Waals surface area contributed by atoms with Crippen molar-refractivity contribution >= 4 is 5.91 Å². The van der Waals surface area contributed by atoms with Crippen molar-refractivity contribution in [2.24, 2.45) is 0 Å². The van der Waals surface area contributed by atoms with Gasteiger partial charge in [0.05, 0.1) is 11.8 Å². The summed E-state index contributed by atoms with van der Waals surface area (Å²) in [6, 6.07) is 1.85. The number of carbonyl (C=O) groups excluding carboxylic acids is 1. The molecule has 5 nitrogen and oxygen atoms in total. The largest absolute Gasteiger partial charge is 0.505 e. The predicted octanol–water partition coefficient (Wildman–Crippen LogP) is 1.39. The Labute approximate surface area is 113 Å². The molecule has 1 atom stereocenters. The van der Waals surface area contributed by atoms with Gasteiger partial charge in [0.25, 0.3) is 5.91 Å². The van der Waals surface area contributed by atoms with Crippen molar-refractivity contribution in [1.29, 1.82) is 0 Å². The Morgan fingerprint density at radius 3 is 2.89 bits per heavy atom. The molecule has 19 heavy (non-hydrogen) atoms. The van der Waals surface area contributed by atoms with Crippen molar-refractivity contribution in [3.63, 3.8) is 0 Å². The van der Waals surface area contributed by atoms with Gasteiger partial charge in [-0.15, -0.1) is 0 Å². The zero-order valence-corrected chi connectivity index (χ0v) is 11.3. The van der Waals surface area contributed by atoms with Crippen molar-refractivity contribution in [1.82, 2.24) is 15.2 Å². The standard InChI is InChI=1S/C14H21N3O2/c1-11(17-7-3-2-4-8-17)9-16-14(19)12-5-6-15-10-13(12)18/h5-6,10-11,18H,2-4,7-9H2,1H3,(H,16,19). The zero-order valence-electron chi connectivity index (χ0n) is 11.3. The van der Waals surface area contributed by atoms with Crippen LogP contribution in [0.4, 0.5) is 0 Å². The normalized spacial score (nSPS) is 17.9. The number of amides is 1. The fourth-order valence-electron chi connectivity index (χ4n) is 2.40. The SMILES string of the molecule is CC(CNC(=O)c1ccncc1O)N1CCCCC1. The van der Waals surface area contributed by atoms with Gasteiger partial charge in [-0.1, -0.05) is 6.42 Å². The van der Waals surface area contributed by atoms with Gasteiger partial charge in [0.2, 0.25) is 0 Å². The highest BCUT2D eigenvalue weighted by Gasteiger charge is 2.18. The van der Waals surface area contributed by atoms with E-state index < -0.39 is 0 Å². The second-order valence-corrected chi connectivity index (χ2v) is 5.05. The van der Waals surface area contributed by atoms with Gasteiger partial charge in [0.1, 0.15) is 5.75 Å². The second-order valence-electron chi connectivity index (χ2n) is 5.05. The molecule has 0 saturated carbocycles. The Morgan fingerprint density at radius 2 is 2.21 bits per heavy atom. The lowest BCUT2D eigenvalue weighted by atomic mass is 10.1. The lowest BCUT2D eigenvalue weighted by Gasteiger charge is -2.32. The predicted molar refractivity (Wildman–Crippen MR) is 73.1 cm³/mol. The van der Waals surface area contributed by atoms with E-state index in [1.165, 1.54) is 37.7 Å². The Kier molecular flexibility index (Phi) is 4.74. The molecule has 104 valence electrons. The molecule has 0 aromatic carbocycles. The Bertz CT molecular complexity index is 430. The lowest BCUT2D eigenvalue weighted by Crippen LogP contribution is -2.44. The van der Waals surface area contributed by atoms with Gasteiger partial charge >= 0.3 is 0 Å². The second kappa shape index (κ2) is 6.52. The van der Waals surface area contributed by atoms with E-state index in [2.05, 4.69) is 22.1 Å². The van der Waals surface area contributed by atoms with Gasteiger partial charge in [-0.3, -0.25) is 14.7 Å². The molecule has 1 amide bonds. The molecule has 2 rings (SSSR count). The molecule has 1 fully saturated rings. The molecule has 2 N–H and O–H groups in total. The van der Waals surface area contributed by atoms with Crippen molar-refractivity contribution < 1.29 is 9.90 Å². The minimum Gasteiger partial charge on any atom is -0.505 e. The van der Waals surface area contributed by atoms with Crippen LogP contribution < -0.4 is 5.32 Å². The minimum absolute atomic E-state index is 0.0781. The number of rotatable bonds is 4. The maximum atomic E-state index is 11.9. The summed E-state index contributed by atoms with van der Waals surface area (Å²) in [5.74, 6) is -0.325. The Hall–Kier alpha value is -1.62. The maximum Gasteiger partial charge on any atom is 0.255 e. The first-order chi connectivity index (χ1) is 9.18. The number of likely N-dealkylation sites (tertiary alicyclic amines) is 1. The minimum atomic E-state index is -0.247. The first-order valence-electron chi connectivity index (χ1n) is 6.83. The smallest absolute Gasteiger partial charge is 0.255 e. The first kappa shape index (κ1) is 13.8. The number of aromatic nitrogens is 1. The van der Waals surface area contributed by atoms with Crippen LogP contribution in [0.15, 0.2) is 18.5 Å². The fraction of sp³-hybridized carbons (Fsp3) is 0.571. The number of pyridine rings is 1. The van der Waals surface area contributed by atoms with Crippen LogP contribution in [-0.2, 0) is 0 Å². The number of hydrogen-bond donors (Lipinski definition) is 2. The van der Waals surface area contributed by atoms with Gasteiger partial charge in [0.15, 0.2) is 0 Å². The van der Waals surface area contributed by atoms with Crippen LogP contribution in [0.3, 0.4) is 0 Å². The third-order valence-electron chi connectivity index (χ3n) is 3.62. The van der Waals surface area contributed by atoms with Crippen LogP contribution in [0.2, 0.25) is 0 Å². The van der Waals surface area contributed by atoms with Gasteiger partial charge in [-0.05, 0) is 38.9 Å². The van der Waals surface area contributed by atoms with Gasteiger partial charge in [-0.25, -0.2) is 0 Å². The van der Waals surface area contributed by atoms with Crippen LogP contribution >= 0.6 is 0 Å². The number of carbonyl (C=O) groups is 1. The molecule has 1 aromatic heterocycles. The summed E-state index contributed by atoms with van der Waals surface area (Å²) in [6.45, 7) is 4.94. The molecule has 0 bridgehead atoms. The van der Waals surface area contributed by atoms with Gasteiger partial charge < -0.3 is 10.4 Å². The van der Waals surface area contributed by atoms with E-state index in [0.717, 1.165) is 13.1 Å². The quantitative estimate of drug-likeness (QED) is 0.861. The lowest BCUT2D eigenvalue weighted by molar-refractivity contribution is 0.0927. The monoisotopic (exact) mass is 263 g/mol. The molecule has 2 heterocycles. The van der Waals surface area contributed by atoms with Crippen molar-refractivity contribution in [3.8, 4) is 5.75 Å². The molecule has 5 heteroatoms. The Balaban J connectivity index is 1.84. The topological polar surface area (TPSA) is 65.5 Å². The van der Waals surface area contributed by atoms with E-state index in [-0.39, 0.29) is 17.2 Å². The number of aromatic hydroxyl groups is 1. The number of nitrogens with one attached hydrogen (secondary N) is 1. The van der Waals surface area contributed by atoms with Crippen LogP contribution in [0.1, 0.15) is 36.5 Å². The summed E-state index contributed by atoms with van der Waals surface area (Å²) < 4.78 is 0. The highest BCUT2D eigenvalue weighted by atomic mass is 16.3. The van der Waals surface area contributed by atoms with Crippen LogP contribution in [0.25, 0.3) is 0 Å². The molecular weight excluding hydrogens is 242 g/mol. The average Bonchev–Trinajstić information content (AvgIpc) is 2.46. The van der Waals surface area contributed by atoms with Crippen LogP contribution in [0.5, 0.6) is 5.75 Å². The maximum absolute atomic E-state index is 11.9. The first-order valence-corrected chi connectivity index (χ1v) is 6.83. The third kappa shape index (κ3) is 3.67. The summed E-state index contributed by atoms with van der Waals surface area (Å²) in [4.78, 5) is 18.1. The molecule has 1 aliphatic rings. The summed E-state index contributed by atoms with van der Waals surface area (Å²) in [5, 5.41) is 12.4. The summed E-state index contributed by atoms with van der Waals surface area (Å²) in [6.07, 6.45) is 6.57. The van der Waals surface area contributed by atoms with E-state index in [1.807, 2.05) is 0 Å². The van der Waals surface area contributed by atoms with E-state index in [9.17, 15) is 9.90 Å². The third-order valence-corrected chi connectivity index (χ3v) is 3.62. The zero-order chi connectivity index (χ0) is 13.7. The molecule has 0 aliphatic carbocycles.